The second-order valence-corrected chi connectivity index (χ2v) is 6.31. The molecule has 1 saturated heterocycles. The molecule has 1 aromatic heterocycles. The SMILES string of the molecule is C1=C(c2cccnc2)CC2CCC1(Cc1ccccc1)N2. The Labute approximate surface area is 125 Å². The Balaban J connectivity index is 1.67. The van der Waals surface area contributed by atoms with E-state index in [4.69, 9.17) is 0 Å². The number of pyridine rings is 1. The number of aromatic nitrogens is 1. The van der Waals surface area contributed by atoms with E-state index in [1.165, 1.54) is 29.5 Å². The Hall–Kier alpha value is -1.93. The molecular formula is C19H20N2. The van der Waals surface area contributed by atoms with Crippen molar-refractivity contribution < 1.29 is 0 Å². The van der Waals surface area contributed by atoms with Crippen LogP contribution in [0.1, 0.15) is 30.4 Å². The highest BCUT2D eigenvalue weighted by molar-refractivity contribution is 5.68. The van der Waals surface area contributed by atoms with Gasteiger partial charge in [-0.1, -0.05) is 42.5 Å². The van der Waals surface area contributed by atoms with Gasteiger partial charge in [-0.2, -0.15) is 0 Å². The van der Waals surface area contributed by atoms with E-state index in [2.05, 4.69) is 52.8 Å². The topological polar surface area (TPSA) is 24.9 Å². The van der Waals surface area contributed by atoms with Crippen molar-refractivity contribution >= 4 is 5.57 Å². The summed E-state index contributed by atoms with van der Waals surface area (Å²) in [5, 5.41) is 3.86. The zero-order valence-electron chi connectivity index (χ0n) is 12.1. The van der Waals surface area contributed by atoms with E-state index >= 15 is 0 Å². The van der Waals surface area contributed by atoms with Crippen molar-refractivity contribution in [2.45, 2.75) is 37.3 Å². The van der Waals surface area contributed by atoms with Crippen molar-refractivity contribution in [2.24, 2.45) is 0 Å². The molecule has 2 atom stereocenters. The first-order valence-electron chi connectivity index (χ1n) is 7.77. The van der Waals surface area contributed by atoms with Gasteiger partial charge in [-0.15, -0.1) is 0 Å². The second-order valence-electron chi connectivity index (χ2n) is 6.31. The number of nitrogens with one attached hydrogen (secondary N) is 1. The molecule has 4 rings (SSSR count). The summed E-state index contributed by atoms with van der Waals surface area (Å²) < 4.78 is 0. The lowest BCUT2D eigenvalue weighted by atomic mass is 9.85. The van der Waals surface area contributed by atoms with E-state index in [9.17, 15) is 0 Å². The first-order valence-corrected chi connectivity index (χ1v) is 7.77. The molecule has 21 heavy (non-hydrogen) atoms. The Morgan fingerprint density at radius 2 is 2.05 bits per heavy atom. The molecule has 2 heteroatoms. The summed E-state index contributed by atoms with van der Waals surface area (Å²) in [4.78, 5) is 4.28. The molecule has 0 amide bonds. The number of hydrogen-bond acceptors (Lipinski definition) is 2. The van der Waals surface area contributed by atoms with Crippen molar-refractivity contribution in [1.82, 2.24) is 10.3 Å². The van der Waals surface area contributed by atoms with Gasteiger partial charge >= 0.3 is 0 Å². The molecule has 106 valence electrons. The molecule has 0 aliphatic carbocycles. The van der Waals surface area contributed by atoms with Crippen molar-refractivity contribution in [3.05, 3.63) is 72.1 Å². The van der Waals surface area contributed by atoms with E-state index in [-0.39, 0.29) is 5.54 Å². The lowest BCUT2D eigenvalue weighted by Gasteiger charge is -2.33. The minimum absolute atomic E-state index is 0.134. The average molecular weight is 276 g/mol. The van der Waals surface area contributed by atoms with Crippen LogP contribution in [-0.4, -0.2) is 16.6 Å². The molecule has 2 unspecified atom stereocenters. The molecule has 2 aromatic rings. The molecule has 0 saturated carbocycles. The maximum atomic E-state index is 4.28. The van der Waals surface area contributed by atoms with Crippen molar-refractivity contribution in [1.29, 1.82) is 0 Å². The van der Waals surface area contributed by atoms with Gasteiger partial charge in [-0.05, 0) is 48.4 Å². The third kappa shape index (κ3) is 2.52. The van der Waals surface area contributed by atoms with Gasteiger partial charge in [-0.3, -0.25) is 4.98 Å². The van der Waals surface area contributed by atoms with E-state index in [1.807, 2.05) is 18.5 Å². The smallest absolute Gasteiger partial charge is 0.0413 e. The van der Waals surface area contributed by atoms with Gasteiger partial charge in [0.1, 0.15) is 0 Å². The molecule has 2 nitrogen and oxygen atoms in total. The van der Waals surface area contributed by atoms with Crippen LogP contribution in [0.2, 0.25) is 0 Å². The zero-order valence-corrected chi connectivity index (χ0v) is 12.1. The molecule has 0 spiro atoms. The third-order valence-electron chi connectivity index (χ3n) is 4.74. The standard InChI is InChI=1S/C19H20N2/c1-2-5-15(6-3-1)12-19-9-8-18(21-19)11-17(13-19)16-7-4-10-20-14-16/h1-7,10,13-14,18,21H,8-9,11-12H2. The van der Waals surface area contributed by atoms with Gasteiger partial charge in [0.2, 0.25) is 0 Å². The van der Waals surface area contributed by atoms with Crippen molar-refractivity contribution in [3.63, 3.8) is 0 Å². The predicted octanol–water partition coefficient (Wildman–Crippen LogP) is 3.60. The quantitative estimate of drug-likeness (QED) is 0.926. The average Bonchev–Trinajstić information content (AvgIpc) is 2.83. The number of hydrogen-bond donors (Lipinski definition) is 1. The maximum absolute atomic E-state index is 4.28. The summed E-state index contributed by atoms with van der Waals surface area (Å²) in [6.07, 6.45) is 11.0. The van der Waals surface area contributed by atoms with Gasteiger partial charge < -0.3 is 5.32 Å². The van der Waals surface area contributed by atoms with Crippen LogP contribution in [0.15, 0.2) is 60.9 Å². The summed E-state index contributed by atoms with van der Waals surface area (Å²) in [5.74, 6) is 0. The fourth-order valence-corrected chi connectivity index (χ4v) is 3.81. The van der Waals surface area contributed by atoms with Crippen LogP contribution in [0.25, 0.3) is 5.57 Å². The van der Waals surface area contributed by atoms with Crippen molar-refractivity contribution in [3.8, 4) is 0 Å². The molecule has 1 aromatic carbocycles. The van der Waals surface area contributed by atoms with Gasteiger partial charge in [0, 0.05) is 24.0 Å². The Morgan fingerprint density at radius 1 is 1.14 bits per heavy atom. The molecule has 1 N–H and O–H groups in total. The first kappa shape index (κ1) is 12.8. The van der Waals surface area contributed by atoms with Crippen LogP contribution >= 0.6 is 0 Å². The van der Waals surface area contributed by atoms with E-state index in [0.717, 1.165) is 12.8 Å². The predicted molar refractivity (Wildman–Crippen MR) is 85.9 cm³/mol. The van der Waals surface area contributed by atoms with Gasteiger partial charge in [-0.25, -0.2) is 0 Å². The molecule has 2 bridgehead atoms. The third-order valence-corrected chi connectivity index (χ3v) is 4.74. The highest BCUT2D eigenvalue weighted by Gasteiger charge is 2.40. The summed E-state index contributed by atoms with van der Waals surface area (Å²) in [6, 6.07) is 15.6. The number of fused-ring (bicyclic) bond motifs is 2. The Bertz CT molecular complexity index is 648. The molecule has 1 fully saturated rings. The lowest BCUT2D eigenvalue weighted by Crippen LogP contribution is -2.46. The van der Waals surface area contributed by atoms with E-state index in [1.54, 1.807) is 0 Å². The first-order chi connectivity index (χ1) is 10.3. The normalized spacial score (nSPS) is 27.4. The van der Waals surface area contributed by atoms with Crippen LogP contribution in [0, 0.1) is 0 Å². The van der Waals surface area contributed by atoms with Crippen molar-refractivity contribution in [2.75, 3.05) is 0 Å². The van der Waals surface area contributed by atoms with Gasteiger partial charge in [0.05, 0.1) is 0 Å². The highest BCUT2D eigenvalue weighted by atomic mass is 15.0. The fraction of sp³-hybridized carbons (Fsp3) is 0.316. The van der Waals surface area contributed by atoms with Crippen LogP contribution in [0.3, 0.4) is 0 Å². The lowest BCUT2D eigenvalue weighted by molar-refractivity contribution is 0.424. The molecule has 2 aliphatic heterocycles. The van der Waals surface area contributed by atoms with Gasteiger partial charge in [0.15, 0.2) is 0 Å². The maximum Gasteiger partial charge on any atom is 0.0413 e. The molecule has 3 heterocycles. The van der Waals surface area contributed by atoms with Gasteiger partial charge in [0.25, 0.3) is 0 Å². The van der Waals surface area contributed by atoms with Crippen LogP contribution in [0.4, 0.5) is 0 Å². The van der Waals surface area contributed by atoms with Crippen LogP contribution in [0.5, 0.6) is 0 Å². The monoisotopic (exact) mass is 276 g/mol. The summed E-state index contributed by atoms with van der Waals surface area (Å²) >= 11 is 0. The number of benzene rings is 1. The molecule has 0 radical (unpaired) electrons. The van der Waals surface area contributed by atoms with Crippen LogP contribution < -0.4 is 5.32 Å². The molecule has 2 aliphatic rings. The Kier molecular flexibility index (Phi) is 3.12. The van der Waals surface area contributed by atoms with E-state index < -0.39 is 0 Å². The summed E-state index contributed by atoms with van der Waals surface area (Å²) in [5.41, 5.74) is 4.29. The fourth-order valence-electron chi connectivity index (χ4n) is 3.81. The summed E-state index contributed by atoms with van der Waals surface area (Å²) in [6.45, 7) is 0. The Morgan fingerprint density at radius 3 is 2.86 bits per heavy atom. The highest BCUT2D eigenvalue weighted by Crippen LogP contribution is 2.39. The summed E-state index contributed by atoms with van der Waals surface area (Å²) in [7, 11) is 0. The number of rotatable bonds is 3. The van der Waals surface area contributed by atoms with Crippen LogP contribution in [-0.2, 0) is 6.42 Å². The largest absolute Gasteiger partial charge is 0.304 e. The molecular weight excluding hydrogens is 256 g/mol. The zero-order chi connectivity index (χ0) is 14.1. The van der Waals surface area contributed by atoms with E-state index in [0.29, 0.717) is 6.04 Å². The number of nitrogens with zero attached hydrogens (tertiary/aromatic N) is 1. The minimum atomic E-state index is 0.134. The minimum Gasteiger partial charge on any atom is -0.304 e. The second kappa shape index (κ2) is 5.12.